The summed E-state index contributed by atoms with van der Waals surface area (Å²) in [5.41, 5.74) is 0.900. The van der Waals surface area contributed by atoms with E-state index in [0.717, 1.165) is 12.8 Å². The lowest BCUT2D eigenvalue weighted by molar-refractivity contribution is -0.134. The Balaban J connectivity index is 1.64. The molecule has 2 N–H and O–H groups in total. The third-order valence-corrected chi connectivity index (χ3v) is 5.70. The number of benzene rings is 1. The van der Waals surface area contributed by atoms with Crippen LogP contribution in [-0.2, 0) is 9.59 Å². The maximum atomic E-state index is 12.5. The van der Waals surface area contributed by atoms with Crippen molar-refractivity contribution < 1.29 is 14.4 Å². The highest BCUT2D eigenvalue weighted by Gasteiger charge is 2.31. The standard InChI is InChI=1S/C17H21N3O3S/c1-24-11-6-8-20(9-7-11)15(21)10-14-17(23)18-13-5-3-2-4-12(13)16(22)19-14/h2-5,11,14H,6-10H2,1H3,(H,18,23)(H,19,22)/t14-/m0/s1. The normalized spacial score (nSPS) is 21.5. The van der Waals surface area contributed by atoms with E-state index in [1.807, 2.05) is 11.8 Å². The molecule has 0 bridgehead atoms. The number of hydrogen-bond acceptors (Lipinski definition) is 4. The first kappa shape index (κ1) is 16.8. The van der Waals surface area contributed by atoms with Crippen LogP contribution in [0.2, 0.25) is 0 Å². The lowest BCUT2D eigenvalue weighted by Gasteiger charge is -2.32. The number of amides is 3. The lowest BCUT2D eigenvalue weighted by Crippen LogP contribution is -2.47. The van der Waals surface area contributed by atoms with Crippen LogP contribution in [0.3, 0.4) is 0 Å². The number of hydrogen-bond donors (Lipinski definition) is 2. The molecular weight excluding hydrogens is 326 g/mol. The summed E-state index contributed by atoms with van der Waals surface area (Å²) >= 11 is 1.83. The summed E-state index contributed by atoms with van der Waals surface area (Å²) in [6.45, 7) is 1.43. The van der Waals surface area contributed by atoms with Crippen LogP contribution in [0.1, 0.15) is 29.6 Å². The molecule has 1 saturated heterocycles. The van der Waals surface area contributed by atoms with E-state index in [4.69, 9.17) is 0 Å². The number of carbonyl (C=O) groups excluding carboxylic acids is 3. The summed E-state index contributed by atoms with van der Waals surface area (Å²) in [5, 5.41) is 6.00. The average Bonchev–Trinajstić information content (AvgIpc) is 2.72. The zero-order valence-corrected chi connectivity index (χ0v) is 14.4. The SMILES string of the molecule is CSC1CCN(C(=O)C[C@@H]2NC(=O)c3ccccc3NC2=O)CC1. The molecule has 0 radical (unpaired) electrons. The number of fused-ring (bicyclic) bond motifs is 1. The van der Waals surface area contributed by atoms with Gasteiger partial charge in [-0.3, -0.25) is 14.4 Å². The maximum Gasteiger partial charge on any atom is 0.254 e. The molecule has 3 amide bonds. The summed E-state index contributed by atoms with van der Waals surface area (Å²) < 4.78 is 0. The topological polar surface area (TPSA) is 78.5 Å². The fraction of sp³-hybridized carbons (Fsp3) is 0.471. The first-order chi connectivity index (χ1) is 11.6. The molecule has 2 heterocycles. The van der Waals surface area contributed by atoms with Crippen molar-refractivity contribution in [2.75, 3.05) is 24.7 Å². The zero-order valence-electron chi connectivity index (χ0n) is 13.6. The number of rotatable bonds is 3. The van der Waals surface area contributed by atoms with Gasteiger partial charge in [-0.1, -0.05) is 12.1 Å². The van der Waals surface area contributed by atoms with Gasteiger partial charge in [0.15, 0.2) is 0 Å². The molecule has 6 nitrogen and oxygen atoms in total. The largest absolute Gasteiger partial charge is 0.343 e. The van der Waals surface area contributed by atoms with Crippen LogP contribution in [0.15, 0.2) is 24.3 Å². The minimum Gasteiger partial charge on any atom is -0.343 e. The van der Waals surface area contributed by atoms with Crippen molar-refractivity contribution in [2.45, 2.75) is 30.6 Å². The van der Waals surface area contributed by atoms with Gasteiger partial charge in [0.25, 0.3) is 5.91 Å². The van der Waals surface area contributed by atoms with Crippen LogP contribution in [0.5, 0.6) is 0 Å². The quantitative estimate of drug-likeness (QED) is 0.868. The van der Waals surface area contributed by atoms with E-state index in [0.29, 0.717) is 29.6 Å². The molecule has 0 saturated carbocycles. The summed E-state index contributed by atoms with van der Waals surface area (Å²) in [6.07, 6.45) is 4.03. The molecule has 7 heteroatoms. The van der Waals surface area contributed by atoms with Crippen molar-refractivity contribution in [3.05, 3.63) is 29.8 Å². The smallest absolute Gasteiger partial charge is 0.254 e. The van der Waals surface area contributed by atoms with Crippen molar-refractivity contribution in [2.24, 2.45) is 0 Å². The number of nitrogens with zero attached hydrogens (tertiary/aromatic N) is 1. The number of anilines is 1. The minimum absolute atomic E-state index is 0.00447. The second-order valence-electron chi connectivity index (χ2n) is 6.08. The van der Waals surface area contributed by atoms with E-state index in [1.165, 1.54) is 0 Å². The van der Waals surface area contributed by atoms with Crippen LogP contribution in [0.4, 0.5) is 5.69 Å². The van der Waals surface area contributed by atoms with Crippen molar-refractivity contribution in [3.8, 4) is 0 Å². The van der Waals surface area contributed by atoms with Gasteiger partial charge in [-0.25, -0.2) is 0 Å². The molecule has 24 heavy (non-hydrogen) atoms. The van der Waals surface area contributed by atoms with Gasteiger partial charge >= 0.3 is 0 Å². The van der Waals surface area contributed by atoms with E-state index < -0.39 is 6.04 Å². The molecule has 3 rings (SSSR count). The number of carbonyl (C=O) groups is 3. The van der Waals surface area contributed by atoms with Crippen LogP contribution in [-0.4, -0.2) is 53.3 Å². The molecule has 1 atom stereocenters. The highest BCUT2D eigenvalue weighted by atomic mass is 32.2. The van der Waals surface area contributed by atoms with Crippen LogP contribution < -0.4 is 10.6 Å². The van der Waals surface area contributed by atoms with Crippen LogP contribution in [0.25, 0.3) is 0 Å². The Labute approximate surface area is 145 Å². The van der Waals surface area contributed by atoms with Gasteiger partial charge in [0, 0.05) is 18.3 Å². The minimum atomic E-state index is -0.837. The summed E-state index contributed by atoms with van der Waals surface area (Å²) in [5.74, 6) is -0.760. The van der Waals surface area contributed by atoms with Crippen molar-refractivity contribution in [1.29, 1.82) is 0 Å². The molecule has 2 aliphatic rings. The van der Waals surface area contributed by atoms with Gasteiger partial charge in [0.1, 0.15) is 6.04 Å². The molecule has 0 unspecified atom stereocenters. The average molecular weight is 347 g/mol. The lowest BCUT2D eigenvalue weighted by atomic mass is 10.1. The Morgan fingerprint density at radius 2 is 1.96 bits per heavy atom. The first-order valence-corrected chi connectivity index (χ1v) is 9.38. The molecule has 128 valence electrons. The molecule has 0 spiro atoms. The van der Waals surface area contributed by atoms with Gasteiger partial charge in [0.05, 0.1) is 17.7 Å². The Morgan fingerprint density at radius 1 is 1.25 bits per heavy atom. The Kier molecular flexibility index (Phi) is 5.08. The molecule has 2 aliphatic heterocycles. The highest BCUT2D eigenvalue weighted by Crippen LogP contribution is 2.22. The molecule has 1 aromatic rings. The van der Waals surface area contributed by atoms with Crippen molar-refractivity contribution in [3.63, 3.8) is 0 Å². The first-order valence-electron chi connectivity index (χ1n) is 8.10. The van der Waals surface area contributed by atoms with E-state index in [-0.39, 0.29) is 24.1 Å². The van der Waals surface area contributed by atoms with E-state index >= 15 is 0 Å². The summed E-state index contributed by atoms with van der Waals surface area (Å²) in [6, 6.07) is 6.00. The molecule has 0 aromatic heterocycles. The van der Waals surface area contributed by atoms with Gasteiger partial charge < -0.3 is 15.5 Å². The zero-order chi connectivity index (χ0) is 17.1. The predicted molar refractivity (Wildman–Crippen MR) is 94.1 cm³/mol. The van der Waals surface area contributed by atoms with Gasteiger partial charge in [-0.15, -0.1) is 0 Å². The number of thioether (sulfide) groups is 1. The molecule has 1 aromatic carbocycles. The maximum absolute atomic E-state index is 12.5. The van der Waals surface area contributed by atoms with Gasteiger partial charge in [-0.2, -0.15) is 11.8 Å². The van der Waals surface area contributed by atoms with Crippen molar-refractivity contribution >= 4 is 35.2 Å². The van der Waals surface area contributed by atoms with Gasteiger partial charge in [-0.05, 0) is 31.2 Å². The second kappa shape index (κ2) is 7.25. The highest BCUT2D eigenvalue weighted by molar-refractivity contribution is 7.99. The Bertz CT molecular complexity index is 656. The summed E-state index contributed by atoms with van der Waals surface area (Å²) in [4.78, 5) is 38.9. The Morgan fingerprint density at radius 3 is 2.67 bits per heavy atom. The molecular formula is C17H21N3O3S. The molecule has 0 aliphatic carbocycles. The number of para-hydroxylation sites is 1. The van der Waals surface area contributed by atoms with Crippen molar-refractivity contribution in [1.82, 2.24) is 10.2 Å². The second-order valence-corrected chi connectivity index (χ2v) is 7.22. The van der Waals surface area contributed by atoms with Crippen LogP contribution >= 0.6 is 11.8 Å². The fourth-order valence-electron chi connectivity index (χ4n) is 3.10. The fourth-order valence-corrected chi connectivity index (χ4v) is 3.78. The number of piperidine rings is 1. The predicted octanol–water partition coefficient (Wildman–Crippen LogP) is 1.48. The summed E-state index contributed by atoms with van der Waals surface area (Å²) in [7, 11) is 0. The Hall–Kier alpha value is -2.02. The van der Waals surface area contributed by atoms with E-state index in [9.17, 15) is 14.4 Å². The van der Waals surface area contributed by atoms with Crippen LogP contribution in [0, 0.1) is 0 Å². The number of likely N-dealkylation sites (tertiary alicyclic amines) is 1. The number of nitrogens with one attached hydrogen (secondary N) is 2. The molecule has 1 fully saturated rings. The van der Waals surface area contributed by atoms with E-state index in [2.05, 4.69) is 16.9 Å². The third kappa shape index (κ3) is 3.56. The van der Waals surface area contributed by atoms with E-state index in [1.54, 1.807) is 29.2 Å². The van der Waals surface area contributed by atoms with Gasteiger partial charge in [0.2, 0.25) is 11.8 Å². The third-order valence-electron chi connectivity index (χ3n) is 4.56. The monoisotopic (exact) mass is 347 g/mol.